The average molecular weight is 281 g/mol. The van der Waals surface area contributed by atoms with Gasteiger partial charge in [0.25, 0.3) is 0 Å². The minimum absolute atomic E-state index is 0.224. The molecule has 0 radical (unpaired) electrons. The zero-order chi connectivity index (χ0) is 14.3. The Kier molecular flexibility index (Phi) is 2.84. The Balaban J connectivity index is 2.31. The highest BCUT2D eigenvalue weighted by atomic mass is 32.1. The van der Waals surface area contributed by atoms with Gasteiger partial charge in [0.1, 0.15) is 16.7 Å². The summed E-state index contributed by atoms with van der Waals surface area (Å²) in [5, 5.41) is 13.9. The van der Waals surface area contributed by atoms with Crippen molar-refractivity contribution in [1.82, 2.24) is 9.78 Å². The Morgan fingerprint density at radius 1 is 1.35 bits per heavy atom. The van der Waals surface area contributed by atoms with E-state index in [2.05, 4.69) is 16.2 Å². The highest BCUT2D eigenvalue weighted by Gasteiger charge is 2.32. The lowest BCUT2D eigenvalue weighted by Gasteiger charge is -2.18. The molecule has 0 amide bonds. The van der Waals surface area contributed by atoms with Crippen LogP contribution in [0, 0.1) is 18.3 Å². The van der Waals surface area contributed by atoms with Crippen molar-refractivity contribution in [2.24, 2.45) is 10.7 Å². The van der Waals surface area contributed by atoms with E-state index < -0.39 is 5.92 Å². The number of fused-ring (bicyclic) bond motifs is 1. The van der Waals surface area contributed by atoms with Gasteiger partial charge >= 0.3 is 0 Å². The standard InChI is InChI=1S/C14H11N5S/c1-8-11-12(10(7-15)13(16)17-14(11)20)19(18-8)9-5-3-2-4-6-9/h2-6,10H,1H3,(H2,16,17,20). The number of thiocarbonyl (C=S) groups is 1. The SMILES string of the molecule is Cc1nn(-c2ccccc2)c2c1C(=S)N=C(N)C2C#N. The van der Waals surface area contributed by atoms with Crippen LogP contribution in [0.4, 0.5) is 0 Å². The fourth-order valence-electron chi connectivity index (χ4n) is 2.35. The van der Waals surface area contributed by atoms with Crippen LogP contribution in [0.1, 0.15) is 22.9 Å². The number of nitrogens with zero attached hydrogens (tertiary/aromatic N) is 4. The molecule has 1 aromatic heterocycles. The number of para-hydroxylation sites is 1. The highest BCUT2D eigenvalue weighted by molar-refractivity contribution is 7.80. The second-order valence-corrected chi connectivity index (χ2v) is 4.88. The molecule has 1 aliphatic heterocycles. The summed E-state index contributed by atoms with van der Waals surface area (Å²) in [4.78, 5) is 4.49. The maximum atomic E-state index is 9.38. The molecule has 6 heteroatoms. The van der Waals surface area contributed by atoms with E-state index in [1.807, 2.05) is 37.3 Å². The first-order valence-corrected chi connectivity index (χ1v) is 6.47. The summed E-state index contributed by atoms with van der Waals surface area (Å²) in [7, 11) is 0. The largest absolute Gasteiger partial charge is 0.386 e. The first-order chi connectivity index (χ1) is 9.63. The number of aromatic nitrogens is 2. The molecule has 3 rings (SSSR count). The van der Waals surface area contributed by atoms with Gasteiger partial charge in [-0.2, -0.15) is 10.4 Å². The van der Waals surface area contributed by atoms with Gasteiger partial charge in [-0.05, 0) is 19.1 Å². The lowest BCUT2D eigenvalue weighted by Crippen LogP contribution is -2.29. The average Bonchev–Trinajstić information content (AvgIpc) is 2.78. The molecule has 5 nitrogen and oxygen atoms in total. The summed E-state index contributed by atoms with van der Waals surface area (Å²) in [6.07, 6.45) is 0. The van der Waals surface area contributed by atoms with E-state index in [0.717, 1.165) is 16.9 Å². The van der Waals surface area contributed by atoms with Crippen LogP contribution in [-0.4, -0.2) is 20.6 Å². The van der Waals surface area contributed by atoms with Crippen LogP contribution in [-0.2, 0) is 0 Å². The first kappa shape index (κ1) is 12.5. The van der Waals surface area contributed by atoms with Crippen molar-refractivity contribution in [3.8, 4) is 11.8 Å². The van der Waals surface area contributed by atoms with Crippen LogP contribution >= 0.6 is 12.2 Å². The minimum atomic E-state index is -0.627. The van der Waals surface area contributed by atoms with Crippen LogP contribution < -0.4 is 5.73 Å². The number of rotatable bonds is 1. The molecular weight excluding hydrogens is 270 g/mol. The Hall–Kier alpha value is -2.52. The van der Waals surface area contributed by atoms with E-state index in [1.54, 1.807) is 4.68 Å². The predicted octanol–water partition coefficient (Wildman–Crippen LogP) is 1.83. The van der Waals surface area contributed by atoms with Gasteiger partial charge in [0, 0.05) is 0 Å². The molecule has 20 heavy (non-hydrogen) atoms. The predicted molar refractivity (Wildman–Crippen MR) is 80.0 cm³/mol. The van der Waals surface area contributed by atoms with Gasteiger partial charge < -0.3 is 5.73 Å². The van der Waals surface area contributed by atoms with Gasteiger partial charge in [0.2, 0.25) is 0 Å². The lowest BCUT2D eigenvalue weighted by atomic mass is 9.97. The second kappa shape index (κ2) is 4.54. The van der Waals surface area contributed by atoms with E-state index >= 15 is 0 Å². The molecular formula is C14H11N5S. The van der Waals surface area contributed by atoms with Crippen molar-refractivity contribution in [2.75, 3.05) is 0 Å². The number of nitrogens with two attached hydrogens (primary N) is 1. The Labute approximate surface area is 121 Å². The molecule has 2 heterocycles. The third kappa shape index (κ3) is 1.72. The summed E-state index contributed by atoms with van der Waals surface area (Å²) >= 11 is 5.26. The van der Waals surface area contributed by atoms with Crippen LogP contribution in [0.5, 0.6) is 0 Å². The summed E-state index contributed by atoms with van der Waals surface area (Å²) < 4.78 is 1.73. The normalized spacial score (nSPS) is 17.3. The van der Waals surface area contributed by atoms with Crippen molar-refractivity contribution in [3.63, 3.8) is 0 Å². The van der Waals surface area contributed by atoms with Gasteiger partial charge in [-0.1, -0.05) is 30.4 Å². The third-order valence-electron chi connectivity index (χ3n) is 3.24. The van der Waals surface area contributed by atoms with Gasteiger partial charge in [0.05, 0.1) is 28.7 Å². The molecule has 0 bridgehead atoms. The van der Waals surface area contributed by atoms with Gasteiger partial charge in [0.15, 0.2) is 0 Å². The van der Waals surface area contributed by atoms with E-state index in [-0.39, 0.29) is 5.84 Å². The van der Waals surface area contributed by atoms with Gasteiger partial charge in [-0.15, -0.1) is 0 Å². The molecule has 0 saturated heterocycles. The Morgan fingerprint density at radius 3 is 2.70 bits per heavy atom. The highest BCUT2D eigenvalue weighted by Crippen LogP contribution is 2.30. The number of hydrogen-bond acceptors (Lipinski definition) is 4. The Bertz CT molecular complexity index is 767. The number of nitriles is 1. The summed E-state index contributed by atoms with van der Waals surface area (Å²) in [6.45, 7) is 1.86. The molecule has 98 valence electrons. The molecule has 1 atom stereocenters. The molecule has 1 aromatic carbocycles. The van der Waals surface area contributed by atoms with E-state index in [9.17, 15) is 5.26 Å². The zero-order valence-corrected chi connectivity index (χ0v) is 11.6. The van der Waals surface area contributed by atoms with Crippen molar-refractivity contribution in [2.45, 2.75) is 12.8 Å². The zero-order valence-electron chi connectivity index (χ0n) is 10.7. The number of benzene rings is 1. The molecule has 0 spiro atoms. The molecule has 1 aliphatic rings. The molecule has 1 unspecified atom stereocenters. The van der Waals surface area contributed by atoms with E-state index in [4.69, 9.17) is 18.0 Å². The summed E-state index contributed by atoms with van der Waals surface area (Å²) in [5.74, 6) is -0.403. The molecule has 0 saturated carbocycles. The van der Waals surface area contributed by atoms with Crippen molar-refractivity contribution < 1.29 is 0 Å². The fraction of sp³-hybridized carbons (Fsp3) is 0.143. The van der Waals surface area contributed by atoms with Crippen molar-refractivity contribution in [3.05, 3.63) is 47.3 Å². The number of aryl methyl sites for hydroxylation is 1. The summed E-state index contributed by atoms with van der Waals surface area (Å²) in [6, 6.07) is 11.8. The second-order valence-electron chi connectivity index (χ2n) is 4.50. The summed E-state index contributed by atoms with van der Waals surface area (Å²) in [5.41, 5.74) is 8.92. The van der Waals surface area contributed by atoms with E-state index in [1.165, 1.54) is 0 Å². The van der Waals surface area contributed by atoms with Crippen LogP contribution in [0.2, 0.25) is 0 Å². The fourth-order valence-corrected chi connectivity index (χ4v) is 2.70. The van der Waals surface area contributed by atoms with Crippen molar-refractivity contribution in [1.29, 1.82) is 5.26 Å². The first-order valence-electron chi connectivity index (χ1n) is 6.06. The molecule has 0 fully saturated rings. The number of amidine groups is 1. The quantitative estimate of drug-likeness (QED) is 0.809. The van der Waals surface area contributed by atoms with Gasteiger partial charge in [-0.25, -0.2) is 9.67 Å². The minimum Gasteiger partial charge on any atom is -0.386 e. The smallest absolute Gasteiger partial charge is 0.146 e. The monoisotopic (exact) mass is 281 g/mol. The molecule has 2 N–H and O–H groups in total. The lowest BCUT2D eigenvalue weighted by molar-refractivity contribution is 0.803. The van der Waals surface area contributed by atoms with Crippen molar-refractivity contribution >= 4 is 23.0 Å². The maximum Gasteiger partial charge on any atom is 0.146 e. The molecule has 2 aromatic rings. The van der Waals surface area contributed by atoms with E-state index in [0.29, 0.717) is 10.7 Å². The third-order valence-corrected chi connectivity index (χ3v) is 3.54. The number of aliphatic imine (C=N–C) groups is 1. The maximum absolute atomic E-state index is 9.38. The van der Waals surface area contributed by atoms with Crippen LogP contribution in [0.25, 0.3) is 5.69 Å². The Morgan fingerprint density at radius 2 is 2.05 bits per heavy atom. The van der Waals surface area contributed by atoms with Gasteiger partial charge in [-0.3, -0.25) is 0 Å². The van der Waals surface area contributed by atoms with Crippen LogP contribution in [0.15, 0.2) is 35.3 Å². The van der Waals surface area contributed by atoms with Crippen LogP contribution in [0.3, 0.4) is 0 Å². The topological polar surface area (TPSA) is 80.0 Å². The number of hydrogen-bond donors (Lipinski definition) is 1. The molecule has 0 aliphatic carbocycles.